The number of carboxylic acid groups (broad SMARTS) is 1. The maximum absolute atomic E-state index is 11.6. The molecule has 0 aliphatic rings. The lowest BCUT2D eigenvalue weighted by atomic mass is 10.1. The van der Waals surface area contributed by atoms with E-state index >= 15 is 0 Å². The van der Waals surface area contributed by atoms with Crippen molar-refractivity contribution in [1.29, 1.82) is 0 Å². The van der Waals surface area contributed by atoms with Crippen molar-refractivity contribution in [1.82, 2.24) is 0 Å². The highest BCUT2D eigenvalue weighted by Gasteiger charge is 2.09. The summed E-state index contributed by atoms with van der Waals surface area (Å²) in [6.07, 6.45) is 25.8. The molecule has 0 rings (SSSR count). The van der Waals surface area contributed by atoms with Gasteiger partial charge in [0.2, 0.25) is 0 Å². The molecule has 0 aliphatic carbocycles. The summed E-state index contributed by atoms with van der Waals surface area (Å²) in [6, 6.07) is 0. The number of hydrogen-bond acceptors (Lipinski definition) is 3. The van der Waals surface area contributed by atoms with Crippen LogP contribution in [-0.4, -0.2) is 23.1 Å². The van der Waals surface area contributed by atoms with Gasteiger partial charge in [-0.1, -0.05) is 76.3 Å². The Morgan fingerprint density at radius 2 is 1.48 bits per heavy atom. The third kappa shape index (κ3) is 20.7. The maximum Gasteiger partial charge on any atom is 0.306 e. The first-order valence-corrected chi connectivity index (χ1v) is 11.5. The van der Waals surface area contributed by atoms with E-state index in [2.05, 4.69) is 37.3 Å². The molecule has 0 bridgehead atoms. The van der Waals surface area contributed by atoms with E-state index in [4.69, 9.17) is 9.84 Å². The molecule has 0 aromatic rings. The molecule has 0 fully saturated rings. The number of aliphatic carboxylic acids is 1. The zero-order valence-electron chi connectivity index (χ0n) is 18.6. The fourth-order valence-corrected chi connectivity index (χ4v) is 2.90. The summed E-state index contributed by atoms with van der Waals surface area (Å²) in [5.74, 6) is -0.886. The zero-order chi connectivity index (χ0) is 21.6. The van der Waals surface area contributed by atoms with Crippen LogP contribution in [0, 0.1) is 0 Å². The molecule has 1 unspecified atom stereocenters. The zero-order valence-corrected chi connectivity index (χ0v) is 18.6. The van der Waals surface area contributed by atoms with Crippen LogP contribution in [0.3, 0.4) is 0 Å². The number of allylic oxidation sites excluding steroid dienone is 5. The van der Waals surface area contributed by atoms with Gasteiger partial charge in [0.15, 0.2) is 0 Å². The predicted octanol–water partition coefficient (Wildman–Crippen LogP) is 7.15. The fourth-order valence-electron chi connectivity index (χ4n) is 2.90. The Morgan fingerprint density at radius 3 is 2.17 bits per heavy atom. The number of carboxylic acids is 1. The summed E-state index contributed by atoms with van der Waals surface area (Å²) in [7, 11) is 0. The molecule has 0 spiro atoms. The number of ether oxygens (including phenoxy) is 1. The molecule has 0 amide bonds. The van der Waals surface area contributed by atoms with Gasteiger partial charge in [0, 0.05) is 12.8 Å². The molecule has 0 heterocycles. The Morgan fingerprint density at radius 1 is 0.828 bits per heavy atom. The minimum atomic E-state index is -0.723. The molecule has 1 atom stereocenters. The van der Waals surface area contributed by atoms with Gasteiger partial charge in [0.1, 0.15) is 6.10 Å². The Labute approximate surface area is 178 Å². The van der Waals surface area contributed by atoms with E-state index in [9.17, 15) is 9.59 Å². The quantitative estimate of drug-likeness (QED) is 0.140. The highest BCUT2D eigenvalue weighted by molar-refractivity contribution is 5.69. The van der Waals surface area contributed by atoms with Crippen LogP contribution < -0.4 is 0 Å². The molecule has 4 nitrogen and oxygen atoms in total. The first-order chi connectivity index (χ1) is 14.1. The maximum atomic E-state index is 11.6. The molecular formula is C25H42O4. The molecular weight excluding hydrogens is 364 g/mol. The summed E-state index contributed by atoms with van der Waals surface area (Å²) in [5, 5.41) is 8.63. The van der Waals surface area contributed by atoms with Crippen molar-refractivity contribution in [3.8, 4) is 0 Å². The first-order valence-electron chi connectivity index (χ1n) is 11.5. The van der Waals surface area contributed by atoms with E-state index in [0.717, 1.165) is 51.4 Å². The standard InChI is InChI=1S/C25H42O4/c1-3-5-6-7-8-9-10-11-12-14-17-20-23(29-25(28)4-2)21-18-15-13-16-19-22-24(26)27/h8-9,11-12,17,20,23H,3-7,10,13-16,18-19,21-22H2,1-2H3,(H,26,27)/b9-8-,12-11-,20-17-. The number of rotatable bonds is 19. The van der Waals surface area contributed by atoms with E-state index < -0.39 is 5.97 Å². The molecule has 4 heteroatoms. The summed E-state index contributed by atoms with van der Waals surface area (Å²) < 4.78 is 5.51. The van der Waals surface area contributed by atoms with E-state index in [1.54, 1.807) is 0 Å². The van der Waals surface area contributed by atoms with Gasteiger partial charge >= 0.3 is 11.9 Å². The Hall–Kier alpha value is -1.84. The minimum Gasteiger partial charge on any atom is -0.481 e. The Balaban J connectivity index is 4.04. The topological polar surface area (TPSA) is 63.6 Å². The predicted molar refractivity (Wildman–Crippen MR) is 121 cm³/mol. The number of carbonyl (C=O) groups excluding carboxylic acids is 1. The van der Waals surface area contributed by atoms with Gasteiger partial charge in [-0.15, -0.1) is 0 Å². The fraction of sp³-hybridized carbons (Fsp3) is 0.680. The first kappa shape index (κ1) is 27.2. The van der Waals surface area contributed by atoms with Crippen molar-refractivity contribution in [3.63, 3.8) is 0 Å². The summed E-state index contributed by atoms with van der Waals surface area (Å²) >= 11 is 0. The lowest BCUT2D eigenvalue weighted by Crippen LogP contribution is -2.15. The van der Waals surface area contributed by atoms with Gasteiger partial charge in [-0.2, -0.15) is 0 Å². The van der Waals surface area contributed by atoms with E-state index in [1.807, 2.05) is 13.0 Å². The molecule has 0 saturated carbocycles. The van der Waals surface area contributed by atoms with Gasteiger partial charge in [0.05, 0.1) is 0 Å². The highest BCUT2D eigenvalue weighted by Crippen LogP contribution is 2.13. The van der Waals surface area contributed by atoms with Crippen LogP contribution in [0.15, 0.2) is 36.5 Å². The molecule has 0 aromatic carbocycles. The molecule has 0 aromatic heterocycles. The lowest BCUT2D eigenvalue weighted by molar-refractivity contribution is -0.146. The second kappa shape index (κ2) is 20.9. The summed E-state index contributed by atoms with van der Waals surface area (Å²) in [4.78, 5) is 22.1. The third-order valence-electron chi connectivity index (χ3n) is 4.65. The largest absolute Gasteiger partial charge is 0.481 e. The highest BCUT2D eigenvalue weighted by atomic mass is 16.5. The molecule has 0 saturated heterocycles. The van der Waals surface area contributed by atoms with Crippen LogP contribution in [0.1, 0.15) is 104 Å². The van der Waals surface area contributed by atoms with Crippen molar-refractivity contribution in [2.75, 3.05) is 0 Å². The molecule has 29 heavy (non-hydrogen) atoms. The molecule has 1 N–H and O–H groups in total. The van der Waals surface area contributed by atoms with Crippen molar-refractivity contribution in [2.45, 2.75) is 110 Å². The average molecular weight is 407 g/mol. The SMILES string of the molecule is CCCCC/C=C\C/C=C\C/C=C\C(CCCCCCCC(=O)O)OC(=O)CC. The van der Waals surface area contributed by atoms with Crippen LogP contribution in [0.25, 0.3) is 0 Å². The third-order valence-corrected chi connectivity index (χ3v) is 4.65. The number of esters is 1. The number of unbranched alkanes of at least 4 members (excludes halogenated alkanes) is 7. The second-order valence-electron chi connectivity index (χ2n) is 7.42. The van der Waals surface area contributed by atoms with Crippen molar-refractivity contribution in [2.24, 2.45) is 0 Å². The Kier molecular flexibility index (Phi) is 19.6. The van der Waals surface area contributed by atoms with Crippen molar-refractivity contribution < 1.29 is 19.4 Å². The van der Waals surface area contributed by atoms with Crippen LogP contribution >= 0.6 is 0 Å². The van der Waals surface area contributed by atoms with E-state index in [0.29, 0.717) is 6.42 Å². The van der Waals surface area contributed by atoms with Crippen LogP contribution in [0.5, 0.6) is 0 Å². The van der Waals surface area contributed by atoms with Gasteiger partial charge < -0.3 is 9.84 Å². The lowest BCUT2D eigenvalue weighted by Gasteiger charge is -2.13. The Bertz CT molecular complexity index is 491. The van der Waals surface area contributed by atoms with Gasteiger partial charge in [-0.3, -0.25) is 9.59 Å². The summed E-state index contributed by atoms with van der Waals surface area (Å²) in [6.45, 7) is 4.03. The van der Waals surface area contributed by atoms with E-state index in [-0.39, 0.29) is 18.5 Å². The smallest absolute Gasteiger partial charge is 0.306 e. The number of carbonyl (C=O) groups is 2. The monoisotopic (exact) mass is 406 g/mol. The second-order valence-corrected chi connectivity index (χ2v) is 7.42. The normalized spacial score (nSPS) is 12.9. The van der Waals surface area contributed by atoms with Gasteiger partial charge in [0.25, 0.3) is 0 Å². The molecule has 166 valence electrons. The number of hydrogen-bond donors (Lipinski definition) is 1. The van der Waals surface area contributed by atoms with Crippen LogP contribution in [-0.2, 0) is 14.3 Å². The average Bonchev–Trinajstić information content (AvgIpc) is 2.70. The molecule has 0 radical (unpaired) electrons. The van der Waals surface area contributed by atoms with Crippen molar-refractivity contribution in [3.05, 3.63) is 36.5 Å². The minimum absolute atomic E-state index is 0.159. The van der Waals surface area contributed by atoms with Crippen LogP contribution in [0.4, 0.5) is 0 Å². The summed E-state index contributed by atoms with van der Waals surface area (Å²) in [5.41, 5.74) is 0. The van der Waals surface area contributed by atoms with Crippen molar-refractivity contribution >= 4 is 11.9 Å². The van der Waals surface area contributed by atoms with Crippen LogP contribution in [0.2, 0.25) is 0 Å². The molecule has 0 aliphatic heterocycles. The van der Waals surface area contributed by atoms with Gasteiger partial charge in [-0.25, -0.2) is 0 Å². The van der Waals surface area contributed by atoms with Gasteiger partial charge in [-0.05, 0) is 51.0 Å². The van der Waals surface area contributed by atoms with E-state index in [1.165, 1.54) is 25.7 Å².